The Morgan fingerprint density at radius 3 is 2.76 bits per heavy atom. The highest BCUT2D eigenvalue weighted by atomic mass is 31.0. The van der Waals surface area contributed by atoms with E-state index in [-0.39, 0.29) is 37.3 Å². The molecular formula is C15H18N5O4P. The van der Waals surface area contributed by atoms with E-state index in [1.807, 2.05) is 30.3 Å². The Morgan fingerprint density at radius 1 is 1.24 bits per heavy atom. The van der Waals surface area contributed by atoms with Crippen LogP contribution in [0, 0.1) is 0 Å². The number of anilines is 2. The van der Waals surface area contributed by atoms with Gasteiger partial charge in [0.1, 0.15) is 12.8 Å². The van der Waals surface area contributed by atoms with Gasteiger partial charge in [0.2, 0.25) is 11.8 Å². The molecule has 9 nitrogen and oxygen atoms in total. The summed E-state index contributed by atoms with van der Waals surface area (Å²) in [6.07, 6.45) is 1.01. The highest BCUT2D eigenvalue weighted by Crippen LogP contribution is 2.23. The van der Waals surface area contributed by atoms with Gasteiger partial charge in [-0.3, -0.25) is 4.57 Å². The van der Waals surface area contributed by atoms with Crippen molar-refractivity contribution in [2.45, 2.75) is 12.8 Å². The van der Waals surface area contributed by atoms with Crippen LogP contribution in [0.5, 0.6) is 5.88 Å². The van der Waals surface area contributed by atoms with E-state index in [4.69, 9.17) is 9.26 Å². The summed E-state index contributed by atoms with van der Waals surface area (Å²) in [7, 11) is 2.11. The number of benzene rings is 1. The lowest BCUT2D eigenvalue weighted by atomic mass is 10.3. The van der Waals surface area contributed by atoms with Crippen LogP contribution in [-0.2, 0) is 16.0 Å². The summed E-state index contributed by atoms with van der Waals surface area (Å²) in [4.78, 5) is 12.5. The minimum atomic E-state index is -0.479. The van der Waals surface area contributed by atoms with Gasteiger partial charge in [0.05, 0.1) is 19.5 Å². The first kappa shape index (κ1) is 17.5. The van der Waals surface area contributed by atoms with Crippen LogP contribution >= 0.6 is 9.47 Å². The Balaban J connectivity index is 1.83. The molecule has 0 aliphatic heterocycles. The van der Waals surface area contributed by atoms with Crippen LogP contribution in [0.15, 0.2) is 36.7 Å². The molecule has 3 rings (SSSR count). The molecule has 1 aromatic carbocycles. The summed E-state index contributed by atoms with van der Waals surface area (Å²) >= 11 is 0. The minimum Gasteiger partial charge on any atom is -0.492 e. The maximum Gasteiger partial charge on any atom is 0.244 e. The highest BCUT2D eigenvalue weighted by Gasteiger charge is 2.14. The summed E-state index contributed by atoms with van der Waals surface area (Å²) in [5.41, 5.74) is 1.47. The van der Waals surface area contributed by atoms with Gasteiger partial charge in [-0.2, -0.15) is 9.97 Å². The van der Waals surface area contributed by atoms with Gasteiger partial charge in [0, 0.05) is 15.2 Å². The molecule has 3 N–H and O–H groups in total. The first-order chi connectivity index (χ1) is 12.2. The topological polar surface area (TPSA) is 115 Å². The molecule has 2 aromatic heterocycles. The molecule has 0 fully saturated rings. The van der Waals surface area contributed by atoms with E-state index < -0.39 is 6.10 Å². The van der Waals surface area contributed by atoms with Gasteiger partial charge in [0.15, 0.2) is 11.2 Å². The maximum atomic E-state index is 10.1. The zero-order valence-electron chi connectivity index (χ0n) is 13.2. The number of aliphatic hydroxyl groups excluding tert-OH is 1. The zero-order valence-corrected chi connectivity index (χ0v) is 14.4. The first-order valence-electron chi connectivity index (χ1n) is 7.49. The predicted octanol–water partition coefficient (Wildman–Crippen LogP) is 1.42. The molecule has 0 aliphatic carbocycles. The monoisotopic (exact) mass is 363 g/mol. The molecule has 0 aliphatic rings. The fraction of sp³-hybridized carbons (Fsp3) is 0.267. The van der Waals surface area contributed by atoms with E-state index in [1.165, 1.54) is 6.33 Å². The second-order valence-corrected chi connectivity index (χ2v) is 5.52. The number of nitrogens with zero attached hydrogens (tertiary/aromatic N) is 4. The van der Waals surface area contributed by atoms with Crippen LogP contribution in [0.2, 0.25) is 0 Å². The molecule has 0 bridgehead atoms. The number of imidazole rings is 1. The van der Waals surface area contributed by atoms with Crippen molar-refractivity contribution < 1.29 is 19.5 Å². The van der Waals surface area contributed by atoms with Crippen LogP contribution in [0.25, 0.3) is 11.2 Å². The largest absolute Gasteiger partial charge is 0.492 e. The third-order valence-corrected chi connectivity index (χ3v) is 3.60. The van der Waals surface area contributed by atoms with Crippen molar-refractivity contribution in [3.05, 3.63) is 36.7 Å². The lowest BCUT2D eigenvalue weighted by molar-refractivity contribution is -0.0410. The van der Waals surface area contributed by atoms with E-state index in [0.717, 1.165) is 5.69 Å². The molecule has 132 valence electrons. The normalized spacial score (nSPS) is 12.4. The van der Waals surface area contributed by atoms with Crippen molar-refractivity contribution in [2.24, 2.45) is 0 Å². The number of ether oxygens (including phenoxy) is 1. The second kappa shape index (κ2) is 8.17. The van der Waals surface area contributed by atoms with Crippen LogP contribution in [0.4, 0.5) is 11.6 Å². The maximum absolute atomic E-state index is 10.1. The minimum absolute atomic E-state index is 0.0942. The van der Waals surface area contributed by atoms with Crippen molar-refractivity contribution in [3.63, 3.8) is 0 Å². The average molecular weight is 363 g/mol. The molecular weight excluding hydrogens is 345 g/mol. The molecule has 3 aromatic rings. The van der Waals surface area contributed by atoms with Gasteiger partial charge in [-0.1, -0.05) is 18.2 Å². The number of rotatable bonds is 8. The Hall–Kier alpha value is -2.32. The quantitative estimate of drug-likeness (QED) is 0.515. The Bertz CT molecular complexity index is 829. The molecule has 2 unspecified atom stereocenters. The van der Waals surface area contributed by atoms with Gasteiger partial charge in [-0.05, 0) is 12.1 Å². The fourth-order valence-corrected chi connectivity index (χ4v) is 2.39. The van der Waals surface area contributed by atoms with Gasteiger partial charge in [-0.25, -0.2) is 4.98 Å². The number of hydrogen-bond donors (Lipinski definition) is 3. The SMILES string of the molecule is OCC(COP)OCn1cnc2c(O)nc(Nc3ccccc3)nc21. The first-order valence-corrected chi connectivity index (χ1v) is 7.96. The zero-order chi connectivity index (χ0) is 17.6. The number of nitrogens with one attached hydrogen (secondary N) is 1. The van der Waals surface area contributed by atoms with Crippen molar-refractivity contribution in [2.75, 3.05) is 18.5 Å². The van der Waals surface area contributed by atoms with E-state index >= 15 is 0 Å². The van der Waals surface area contributed by atoms with Crippen molar-refractivity contribution >= 4 is 32.3 Å². The van der Waals surface area contributed by atoms with E-state index in [2.05, 4.69) is 29.7 Å². The number of para-hydroxylation sites is 1. The second-order valence-electron chi connectivity index (χ2n) is 5.18. The molecule has 0 amide bonds. The molecule has 0 saturated heterocycles. The summed E-state index contributed by atoms with van der Waals surface area (Å²) in [6.45, 7) is 0.147. The van der Waals surface area contributed by atoms with Crippen molar-refractivity contribution in [3.8, 4) is 5.88 Å². The lowest BCUT2D eigenvalue weighted by Gasteiger charge is -2.14. The summed E-state index contributed by atoms with van der Waals surface area (Å²) < 4.78 is 12.1. The Kier molecular flexibility index (Phi) is 5.72. The van der Waals surface area contributed by atoms with E-state index in [9.17, 15) is 10.2 Å². The molecule has 0 radical (unpaired) electrons. The summed E-state index contributed by atoms with van der Waals surface area (Å²) in [5, 5.41) is 22.3. The Labute approximate surface area is 145 Å². The van der Waals surface area contributed by atoms with E-state index in [0.29, 0.717) is 5.65 Å². The number of aromatic hydroxyl groups is 1. The fourth-order valence-electron chi connectivity index (χ4n) is 2.18. The van der Waals surface area contributed by atoms with E-state index in [1.54, 1.807) is 4.57 Å². The molecule has 25 heavy (non-hydrogen) atoms. The number of aliphatic hydroxyl groups is 1. The number of fused-ring (bicyclic) bond motifs is 1. The average Bonchev–Trinajstić information content (AvgIpc) is 3.03. The molecule has 2 atom stereocenters. The molecule has 2 heterocycles. The third-order valence-electron chi connectivity index (χ3n) is 3.41. The summed E-state index contributed by atoms with van der Waals surface area (Å²) in [6, 6.07) is 9.37. The van der Waals surface area contributed by atoms with Crippen LogP contribution < -0.4 is 5.32 Å². The van der Waals surface area contributed by atoms with Gasteiger partial charge >= 0.3 is 0 Å². The van der Waals surface area contributed by atoms with Gasteiger partial charge < -0.3 is 24.8 Å². The third kappa shape index (κ3) is 4.21. The van der Waals surface area contributed by atoms with Crippen LogP contribution in [-0.4, -0.2) is 49.0 Å². The molecule has 10 heteroatoms. The van der Waals surface area contributed by atoms with Crippen LogP contribution in [0.3, 0.4) is 0 Å². The van der Waals surface area contributed by atoms with Crippen molar-refractivity contribution in [1.29, 1.82) is 0 Å². The van der Waals surface area contributed by atoms with Gasteiger partial charge in [-0.15, -0.1) is 0 Å². The van der Waals surface area contributed by atoms with Gasteiger partial charge in [0.25, 0.3) is 0 Å². The number of hydrogen-bond acceptors (Lipinski definition) is 8. The number of aromatic nitrogens is 4. The Morgan fingerprint density at radius 2 is 2.04 bits per heavy atom. The standard InChI is InChI=1S/C15H18N5O4P/c21-6-11(7-24-25)23-9-20-8-16-12-13(20)18-15(19-14(12)22)17-10-4-2-1-3-5-10/h1-5,8,11,21H,6-7,9,25H2,(H2,17,18,19,22). The summed E-state index contributed by atoms with van der Waals surface area (Å²) in [5.74, 6) is 0.0131. The van der Waals surface area contributed by atoms with Crippen LogP contribution in [0.1, 0.15) is 0 Å². The predicted molar refractivity (Wildman–Crippen MR) is 94.3 cm³/mol. The smallest absolute Gasteiger partial charge is 0.244 e. The molecule has 0 saturated carbocycles. The lowest BCUT2D eigenvalue weighted by Crippen LogP contribution is -2.23. The highest BCUT2D eigenvalue weighted by molar-refractivity contribution is 7.09. The molecule has 0 spiro atoms. The van der Waals surface area contributed by atoms with Crippen molar-refractivity contribution in [1.82, 2.24) is 19.5 Å².